The van der Waals surface area contributed by atoms with Gasteiger partial charge in [-0.05, 0) is 12.1 Å². The lowest BCUT2D eigenvalue weighted by molar-refractivity contribution is -0.922. The predicted molar refractivity (Wildman–Crippen MR) is 72.4 cm³/mol. The quantitative estimate of drug-likeness (QED) is 0.891. The van der Waals surface area contributed by atoms with Gasteiger partial charge in [-0.1, -0.05) is 28.1 Å². The minimum Gasteiger partial charge on any atom is -0.347 e. The third kappa shape index (κ3) is 2.77. The van der Waals surface area contributed by atoms with E-state index in [1.807, 2.05) is 0 Å². The van der Waals surface area contributed by atoms with Gasteiger partial charge in [0.15, 0.2) is 5.79 Å². The number of nitrogens with one attached hydrogen (secondary N) is 1. The normalized spacial score (nSPS) is 23.6. The van der Waals surface area contributed by atoms with Gasteiger partial charge in [0.25, 0.3) is 0 Å². The SMILES string of the molecule is Brc1ccc(C[NH+]2CCC3(CC2)OCCO3)cc1. The highest BCUT2D eigenvalue weighted by atomic mass is 79.9. The van der Waals surface area contributed by atoms with E-state index in [-0.39, 0.29) is 5.79 Å². The summed E-state index contributed by atoms with van der Waals surface area (Å²) in [6.07, 6.45) is 2.05. The maximum atomic E-state index is 5.75. The molecule has 0 amide bonds. The summed E-state index contributed by atoms with van der Waals surface area (Å²) in [6.45, 7) is 4.90. The van der Waals surface area contributed by atoms with Crippen molar-refractivity contribution in [1.29, 1.82) is 0 Å². The lowest BCUT2D eigenvalue weighted by Crippen LogP contribution is -3.12. The van der Waals surface area contributed by atoms with Gasteiger partial charge < -0.3 is 14.4 Å². The van der Waals surface area contributed by atoms with Crippen LogP contribution in [0.25, 0.3) is 0 Å². The lowest BCUT2D eigenvalue weighted by Gasteiger charge is -2.35. The summed E-state index contributed by atoms with van der Waals surface area (Å²) in [4.78, 5) is 1.63. The van der Waals surface area contributed by atoms with Crippen LogP contribution in [0.15, 0.2) is 28.7 Å². The molecule has 0 aliphatic carbocycles. The Kier molecular flexibility index (Phi) is 3.71. The zero-order chi connectivity index (χ0) is 12.4. The first kappa shape index (κ1) is 12.6. The molecule has 2 saturated heterocycles. The fourth-order valence-electron chi connectivity index (χ4n) is 2.84. The van der Waals surface area contributed by atoms with Gasteiger partial charge in [-0.15, -0.1) is 0 Å². The molecule has 1 aromatic carbocycles. The standard InChI is InChI=1S/C14H18BrNO2/c15-13-3-1-12(2-4-13)11-16-7-5-14(6-8-16)17-9-10-18-14/h1-4H,5-11H2/p+1. The predicted octanol–water partition coefficient (Wildman–Crippen LogP) is 1.37. The molecule has 2 aliphatic rings. The van der Waals surface area contributed by atoms with Crippen LogP contribution in [0, 0.1) is 0 Å². The molecule has 2 fully saturated rings. The van der Waals surface area contributed by atoms with Gasteiger partial charge >= 0.3 is 0 Å². The number of hydrogen-bond donors (Lipinski definition) is 1. The van der Waals surface area contributed by atoms with E-state index in [0.29, 0.717) is 0 Å². The van der Waals surface area contributed by atoms with E-state index in [9.17, 15) is 0 Å². The van der Waals surface area contributed by atoms with Gasteiger partial charge in [0, 0.05) is 10.0 Å². The molecule has 0 unspecified atom stereocenters. The van der Waals surface area contributed by atoms with Crippen molar-refractivity contribution in [1.82, 2.24) is 0 Å². The second-order valence-electron chi connectivity index (χ2n) is 5.16. The number of quaternary nitrogens is 1. The van der Waals surface area contributed by atoms with Gasteiger partial charge in [-0.25, -0.2) is 0 Å². The van der Waals surface area contributed by atoms with Gasteiger partial charge in [0.2, 0.25) is 0 Å². The minimum absolute atomic E-state index is 0.233. The lowest BCUT2D eigenvalue weighted by atomic mass is 10.0. The molecule has 18 heavy (non-hydrogen) atoms. The first-order chi connectivity index (χ1) is 8.76. The molecule has 2 heterocycles. The zero-order valence-corrected chi connectivity index (χ0v) is 12.0. The summed E-state index contributed by atoms with van der Waals surface area (Å²) < 4.78 is 12.7. The average molecular weight is 313 g/mol. The minimum atomic E-state index is -0.233. The number of hydrogen-bond acceptors (Lipinski definition) is 2. The van der Waals surface area contributed by atoms with Crippen LogP contribution in [-0.4, -0.2) is 32.1 Å². The Morgan fingerprint density at radius 1 is 1.06 bits per heavy atom. The van der Waals surface area contributed by atoms with Crippen LogP contribution in [0.3, 0.4) is 0 Å². The van der Waals surface area contributed by atoms with Crippen molar-refractivity contribution in [3.8, 4) is 0 Å². The number of likely N-dealkylation sites (tertiary alicyclic amines) is 1. The van der Waals surface area contributed by atoms with Gasteiger partial charge in [-0.3, -0.25) is 0 Å². The molecule has 1 aromatic rings. The average Bonchev–Trinajstić information content (AvgIpc) is 2.84. The first-order valence-electron chi connectivity index (χ1n) is 6.62. The Labute approximate surface area is 116 Å². The Hall–Kier alpha value is -0.420. The first-order valence-corrected chi connectivity index (χ1v) is 7.41. The molecule has 98 valence electrons. The Morgan fingerprint density at radius 2 is 1.67 bits per heavy atom. The van der Waals surface area contributed by atoms with Crippen LogP contribution in [0.2, 0.25) is 0 Å². The summed E-state index contributed by atoms with van der Waals surface area (Å²) >= 11 is 3.47. The molecule has 1 spiro atoms. The van der Waals surface area contributed by atoms with Crippen molar-refractivity contribution in [2.75, 3.05) is 26.3 Å². The Balaban J connectivity index is 1.55. The maximum absolute atomic E-state index is 5.75. The highest BCUT2D eigenvalue weighted by Gasteiger charge is 2.41. The van der Waals surface area contributed by atoms with Crippen LogP contribution in [0.1, 0.15) is 18.4 Å². The van der Waals surface area contributed by atoms with Gasteiger partial charge in [0.05, 0.1) is 39.1 Å². The largest absolute Gasteiger partial charge is 0.347 e. The topological polar surface area (TPSA) is 22.9 Å². The highest BCUT2D eigenvalue weighted by Crippen LogP contribution is 2.27. The molecule has 3 nitrogen and oxygen atoms in total. The van der Waals surface area contributed by atoms with E-state index in [2.05, 4.69) is 40.2 Å². The van der Waals surface area contributed by atoms with E-state index in [1.54, 1.807) is 4.90 Å². The van der Waals surface area contributed by atoms with Crippen molar-refractivity contribution in [3.63, 3.8) is 0 Å². The second kappa shape index (κ2) is 5.29. The summed E-state index contributed by atoms with van der Waals surface area (Å²) in [5, 5.41) is 0. The third-order valence-electron chi connectivity index (χ3n) is 3.90. The van der Waals surface area contributed by atoms with Crippen LogP contribution in [0.5, 0.6) is 0 Å². The molecular weight excluding hydrogens is 294 g/mol. The summed E-state index contributed by atoms with van der Waals surface area (Å²) in [5.74, 6) is -0.233. The van der Waals surface area contributed by atoms with E-state index < -0.39 is 0 Å². The second-order valence-corrected chi connectivity index (χ2v) is 6.08. The zero-order valence-electron chi connectivity index (χ0n) is 10.5. The fourth-order valence-corrected chi connectivity index (χ4v) is 3.10. The molecule has 0 radical (unpaired) electrons. The molecule has 0 aromatic heterocycles. The van der Waals surface area contributed by atoms with E-state index in [1.165, 1.54) is 5.56 Å². The summed E-state index contributed by atoms with van der Waals surface area (Å²) in [6, 6.07) is 8.63. The van der Waals surface area contributed by atoms with Crippen LogP contribution >= 0.6 is 15.9 Å². The Bertz CT molecular complexity index is 391. The van der Waals surface area contributed by atoms with Crippen molar-refractivity contribution >= 4 is 15.9 Å². The number of rotatable bonds is 2. The smallest absolute Gasteiger partial charge is 0.179 e. The van der Waals surface area contributed by atoms with Crippen molar-refractivity contribution < 1.29 is 14.4 Å². The number of halogens is 1. The monoisotopic (exact) mass is 312 g/mol. The molecular formula is C14H19BrNO2+. The molecule has 2 aliphatic heterocycles. The molecule has 0 atom stereocenters. The van der Waals surface area contributed by atoms with Crippen molar-refractivity contribution in [2.24, 2.45) is 0 Å². The summed E-state index contributed by atoms with van der Waals surface area (Å²) in [7, 11) is 0. The third-order valence-corrected chi connectivity index (χ3v) is 4.43. The van der Waals surface area contributed by atoms with Gasteiger partial charge in [0.1, 0.15) is 6.54 Å². The van der Waals surface area contributed by atoms with E-state index in [0.717, 1.165) is 50.2 Å². The van der Waals surface area contributed by atoms with Crippen LogP contribution in [0.4, 0.5) is 0 Å². The maximum Gasteiger partial charge on any atom is 0.179 e. The van der Waals surface area contributed by atoms with Crippen LogP contribution in [-0.2, 0) is 16.0 Å². The Morgan fingerprint density at radius 3 is 2.28 bits per heavy atom. The van der Waals surface area contributed by atoms with E-state index >= 15 is 0 Å². The van der Waals surface area contributed by atoms with Gasteiger partial charge in [-0.2, -0.15) is 0 Å². The van der Waals surface area contributed by atoms with E-state index in [4.69, 9.17) is 9.47 Å². The van der Waals surface area contributed by atoms with Crippen LogP contribution < -0.4 is 4.90 Å². The number of piperidine rings is 1. The molecule has 0 bridgehead atoms. The number of ether oxygens (including phenoxy) is 2. The fraction of sp³-hybridized carbons (Fsp3) is 0.571. The molecule has 3 rings (SSSR count). The summed E-state index contributed by atoms with van der Waals surface area (Å²) in [5.41, 5.74) is 1.40. The molecule has 1 N–H and O–H groups in total. The number of benzene rings is 1. The molecule has 4 heteroatoms. The van der Waals surface area contributed by atoms with Crippen molar-refractivity contribution in [2.45, 2.75) is 25.2 Å². The van der Waals surface area contributed by atoms with Crippen molar-refractivity contribution in [3.05, 3.63) is 34.3 Å². The highest BCUT2D eigenvalue weighted by molar-refractivity contribution is 9.10. The molecule has 0 saturated carbocycles.